The molecule has 0 aromatic carbocycles. The van der Waals surface area contributed by atoms with E-state index >= 15 is 0 Å². The number of carboxylic acid groups (broad SMARTS) is 1. The maximum Gasteiger partial charge on any atom is 0.339 e. The Morgan fingerprint density at radius 2 is 1.96 bits per heavy atom. The molecule has 2 heterocycles. The van der Waals surface area contributed by atoms with Crippen LogP contribution >= 0.6 is 0 Å². The van der Waals surface area contributed by atoms with Crippen molar-refractivity contribution in [2.75, 3.05) is 0 Å². The maximum atomic E-state index is 12.4. The molecule has 7 nitrogen and oxygen atoms in total. The van der Waals surface area contributed by atoms with Gasteiger partial charge in [-0.3, -0.25) is 9.48 Å². The van der Waals surface area contributed by atoms with Crippen molar-refractivity contribution in [1.29, 1.82) is 0 Å². The maximum absolute atomic E-state index is 12.4. The molecule has 0 radical (unpaired) electrons. The predicted octanol–water partition coefficient (Wildman–Crippen LogP) is 3.08. The zero-order valence-corrected chi connectivity index (χ0v) is 14.4. The number of aromatic carboxylic acids is 1. The van der Waals surface area contributed by atoms with E-state index in [-0.39, 0.29) is 24.1 Å². The number of nitrogens with one attached hydrogen (secondary N) is 1. The number of aromatic nitrogens is 2. The molecule has 2 aromatic heterocycles. The van der Waals surface area contributed by atoms with Crippen LogP contribution in [0.5, 0.6) is 0 Å². The van der Waals surface area contributed by atoms with Crippen molar-refractivity contribution in [1.82, 2.24) is 15.1 Å². The zero-order chi connectivity index (χ0) is 17.9. The van der Waals surface area contributed by atoms with Crippen LogP contribution in [0.1, 0.15) is 70.7 Å². The Bertz CT molecular complexity index is 741. The van der Waals surface area contributed by atoms with Gasteiger partial charge in [0.1, 0.15) is 17.1 Å². The number of hydrogen-bond donors (Lipinski definition) is 2. The highest BCUT2D eigenvalue weighted by Gasteiger charge is 2.19. The van der Waals surface area contributed by atoms with E-state index in [4.69, 9.17) is 9.52 Å². The molecule has 130 valence electrons. The van der Waals surface area contributed by atoms with E-state index in [2.05, 4.69) is 24.3 Å². The monoisotopic (exact) mass is 333 g/mol. The summed E-state index contributed by atoms with van der Waals surface area (Å²) in [7, 11) is 0. The van der Waals surface area contributed by atoms with Gasteiger partial charge in [0, 0.05) is 5.69 Å². The third kappa shape index (κ3) is 3.50. The Balaban J connectivity index is 2.08. The summed E-state index contributed by atoms with van der Waals surface area (Å²) in [6.45, 7) is 7.77. The SMILES string of the molecule is CCC(CC)n1ncc(C(=O)NCc2cc(C(=O)O)c(C)o2)c1C. The molecule has 2 N–H and O–H groups in total. The number of furan rings is 1. The number of nitrogens with zero attached hydrogens (tertiary/aromatic N) is 2. The fourth-order valence-electron chi connectivity index (χ4n) is 2.75. The van der Waals surface area contributed by atoms with Crippen LogP contribution in [0.3, 0.4) is 0 Å². The predicted molar refractivity (Wildman–Crippen MR) is 88.2 cm³/mol. The van der Waals surface area contributed by atoms with Gasteiger partial charge in [0.25, 0.3) is 5.91 Å². The van der Waals surface area contributed by atoms with Crippen molar-refractivity contribution in [2.24, 2.45) is 0 Å². The third-order valence-electron chi connectivity index (χ3n) is 4.20. The molecule has 0 atom stereocenters. The first-order valence-corrected chi connectivity index (χ1v) is 8.03. The van der Waals surface area contributed by atoms with Crippen LogP contribution in [0.25, 0.3) is 0 Å². The molecule has 2 aromatic rings. The molecular weight excluding hydrogens is 310 g/mol. The van der Waals surface area contributed by atoms with E-state index < -0.39 is 5.97 Å². The van der Waals surface area contributed by atoms with E-state index in [0.29, 0.717) is 17.1 Å². The van der Waals surface area contributed by atoms with Crippen molar-refractivity contribution >= 4 is 11.9 Å². The molecule has 1 amide bonds. The molecular formula is C17H23N3O4. The number of hydrogen-bond acceptors (Lipinski definition) is 4. The third-order valence-corrected chi connectivity index (χ3v) is 4.20. The minimum absolute atomic E-state index is 0.108. The summed E-state index contributed by atoms with van der Waals surface area (Å²) in [5, 5.41) is 16.1. The van der Waals surface area contributed by atoms with Crippen LogP contribution in [-0.4, -0.2) is 26.8 Å². The van der Waals surface area contributed by atoms with Gasteiger partial charge in [-0.2, -0.15) is 5.10 Å². The van der Waals surface area contributed by atoms with Crippen LogP contribution < -0.4 is 5.32 Å². The van der Waals surface area contributed by atoms with Crippen LogP contribution in [0.2, 0.25) is 0 Å². The van der Waals surface area contributed by atoms with Crippen molar-refractivity contribution < 1.29 is 19.1 Å². The fourth-order valence-corrected chi connectivity index (χ4v) is 2.75. The molecule has 0 spiro atoms. The standard InChI is InChI=1S/C17H23N3O4/c1-5-12(6-2)20-10(3)15(9-19-20)16(21)18-8-13-7-14(17(22)23)11(4)24-13/h7,9,12H,5-6,8H2,1-4H3,(H,18,21)(H,22,23). The lowest BCUT2D eigenvalue weighted by Gasteiger charge is -2.15. The largest absolute Gasteiger partial charge is 0.478 e. The molecule has 0 aliphatic heterocycles. The van der Waals surface area contributed by atoms with E-state index in [1.807, 2.05) is 11.6 Å². The van der Waals surface area contributed by atoms with Gasteiger partial charge in [0.05, 0.1) is 24.3 Å². The molecule has 0 fully saturated rings. The molecule has 0 saturated heterocycles. The summed E-state index contributed by atoms with van der Waals surface area (Å²) < 4.78 is 7.24. The number of carboxylic acids is 1. The zero-order valence-electron chi connectivity index (χ0n) is 14.4. The van der Waals surface area contributed by atoms with Crippen LogP contribution in [0.4, 0.5) is 0 Å². The average Bonchev–Trinajstić information content (AvgIpc) is 3.10. The van der Waals surface area contributed by atoms with Gasteiger partial charge in [-0.25, -0.2) is 4.79 Å². The second kappa shape index (κ2) is 7.33. The number of carbonyl (C=O) groups is 2. The van der Waals surface area contributed by atoms with E-state index in [1.165, 1.54) is 6.07 Å². The Morgan fingerprint density at radius 3 is 2.50 bits per heavy atom. The number of rotatable bonds is 7. The average molecular weight is 333 g/mol. The Kier molecular flexibility index (Phi) is 5.43. The smallest absolute Gasteiger partial charge is 0.339 e. The Labute approximate surface area is 140 Å². The van der Waals surface area contributed by atoms with Crippen molar-refractivity contribution in [3.8, 4) is 0 Å². The van der Waals surface area contributed by atoms with Crippen LogP contribution in [0.15, 0.2) is 16.7 Å². The van der Waals surface area contributed by atoms with Crippen molar-refractivity contribution in [3.05, 3.63) is 40.6 Å². The first-order chi connectivity index (χ1) is 11.4. The van der Waals surface area contributed by atoms with E-state index in [9.17, 15) is 9.59 Å². The fraction of sp³-hybridized carbons (Fsp3) is 0.471. The number of carbonyl (C=O) groups excluding carboxylic acids is 1. The molecule has 2 rings (SSSR count). The van der Waals surface area contributed by atoms with Gasteiger partial charge in [-0.15, -0.1) is 0 Å². The summed E-state index contributed by atoms with van der Waals surface area (Å²) in [4.78, 5) is 23.4. The summed E-state index contributed by atoms with van der Waals surface area (Å²) >= 11 is 0. The minimum atomic E-state index is -1.05. The highest BCUT2D eigenvalue weighted by atomic mass is 16.4. The molecule has 7 heteroatoms. The lowest BCUT2D eigenvalue weighted by Crippen LogP contribution is -2.23. The van der Waals surface area contributed by atoms with E-state index in [1.54, 1.807) is 13.1 Å². The quantitative estimate of drug-likeness (QED) is 0.811. The van der Waals surface area contributed by atoms with Crippen LogP contribution in [-0.2, 0) is 6.54 Å². The van der Waals surface area contributed by atoms with Gasteiger partial charge in [0.15, 0.2) is 0 Å². The van der Waals surface area contributed by atoms with Crippen LogP contribution in [0, 0.1) is 13.8 Å². The molecule has 0 aliphatic carbocycles. The second-order valence-corrected chi connectivity index (χ2v) is 5.73. The highest BCUT2D eigenvalue weighted by Crippen LogP contribution is 2.19. The van der Waals surface area contributed by atoms with Gasteiger partial charge in [0.2, 0.25) is 0 Å². The number of amides is 1. The summed E-state index contributed by atoms with van der Waals surface area (Å²) in [5.41, 5.74) is 1.45. The van der Waals surface area contributed by atoms with Gasteiger partial charge < -0.3 is 14.8 Å². The number of aryl methyl sites for hydroxylation is 1. The first-order valence-electron chi connectivity index (χ1n) is 8.03. The lowest BCUT2D eigenvalue weighted by molar-refractivity contribution is 0.0694. The van der Waals surface area contributed by atoms with Crippen molar-refractivity contribution in [2.45, 2.75) is 53.1 Å². The minimum Gasteiger partial charge on any atom is -0.478 e. The normalized spacial score (nSPS) is 11.0. The summed E-state index contributed by atoms with van der Waals surface area (Å²) in [6.07, 6.45) is 3.46. The highest BCUT2D eigenvalue weighted by molar-refractivity contribution is 5.95. The van der Waals surface area contributed by atoms with Gasteiger partial charge in [-0.1, -0.05) is 13.8 Å². The molecule has 0 unspecified atom stereocenters. The Hall–Kier alpha value is -2.57. The van der Waals surface area contributed by atoms with E-state index in [0.717, 1.165) is 18.5 Å². The Morgan fingerprint density at radius 1 is 1.29 bits per heavy atom. The molecule has 0 aliphatic rings. The first kappa shape index (κ1) is 17.8. The van der Waals surface area contributed by atoms with Gasteiger partial charge in [-0.05, 0) is 32.8 Å². The molecule has 0 saturated carbocycles. The summed E-state index contributed by atoms with van der Waals surface area (Å²) in [6, 6.07) is 1.70. The topological polar surface area (TPSA) is 97.4 Å². The summed E-state index contributed by atoms with van der Waals surface area (Å²) in [5.74, 6) is -0.570. The lowest BCUT2D eigenvalue weighted by atomic mass is 10.1. The van der Waals surface area contributed by atoms with Crippen molar-refractivity contribution in [3.63, 3.8) is 0 Å². The van der Waals surface area contributed by atoms with Gasteiger partial charge >= 0.3 is 5.97 Å². The second-order valence-electron chi connectivity index (χ2n) is 5.73. The molecule has 24 heavy (non-hydrogen) atoms. The molecule has 0 bridgehead atoms.